The monoisotopic (exact) mass is 1190 g/mol. The zero-order valence-electron chi connectivity index (χ0n) is 51.7. The summed E-state index contributed by atoms with van der Waals surface area (Å²) < 4.78 is 64.0. The van der Waals surface area contributed by atoms with Gasteiger partial charge in [-0.25, -0.2) is 27.6 Å². The maximum Gasteiger partial charge on any atom is 0.343 e. The molecule has 0 saturated heterocycles. The molecular formula is C78H81F3O7. The minimum atomic E-state index is -0.576. The van der Waals surface area contributed by atoms with Crippen LogP contribution in [0.1, 0.15) is 157 Å². The molecule has 0 saturated carbocycles. The largest absolute Gasteiger partial charge is 0.494 e. The Kier molecular flexibility index (Phi) is 26.4. The predicted molar refractivity (Wildman–Crippen MR) is 349 cm³/mol. The Bertz CT molecular complexity index is 3620. The first-order valence-corrected chi connectivity index (χ1v) is 30.9. The molecular weight excluding hydrogens is 1110 g/mol. The maximum absolute atomic E-state index is 14.4. The van der Waals surface area contributed by atoms with Crippen LogP contribution >= 0.6 is 0 Å². The number of ether oxygens (including phenoxy) is 4. The molecule has 0 aromatic heterocycles. The Morgan fingerprint density at radius 2 is 0.614 bits per heavy atom. The third-order valence-electron chi connectivity index (χ3n) is 14.9. The van der Waals surface area contributed by atoms with Gasteiger partial charge in [0.2, 0.25) is 0 Å². The summed E-state index contributed by atoms with van der Waals surface area (Å²) in [5, 5.41) is 0. The molecule has 0 heterocycles. The molecule has 0 unspecified atom stereocenters. The third-order valence-corrected chi connectivity index (χ3v) is 14.9. The average molecular weight is 1190 g/mol. The SMILES string of the molecule is CCCCCCCCOc1ccc(-c2ccc(C(=O)Oc3ccc(CCCCC)cc3F)cc2)cc1.CCCCCc1ccc(OC(=O)c2ccc(-c3ccc(C)cc3)cc2)c(F)c1.Cc1ccc(-c2ccc(C(=O)Oc3ccc(C)cc3F)cc2)cc1. The number of unbranched alkanes of at least 4 members (excludes halogenated alkanes) is 9. The zero-order valence-corrected chi connectivity index (χ0v) is 51.7. The number of esters is 3. The van der Waals surface area contributed by atoms with Crippen LogP contribution in [0.4, 0.5) is 13.2 Å². The summed E-state index contributed by atoms with van der Waals surface area (Å²) in [5.41, 5.74) is 12.3. The predicted octanol–water partition coefficient (Wildman–Crippen LogP) is 21.3. The summed E-state index contributed by atoms with van der Waals surface area (Å²) in [6, 6.07) is 59.8. The van der Waals surface area contributed by atoms with Crippen molar-refractivity contribution in [3.05, 3.63) is 262 Å². The maximum atomic E-state index is 14.4. The van der Waals surface area contributed by atoms with Gasteiger partial charge in [0.15, 0.2) is 34.7 Å². The molecule has 10 heteroatoms. The molecule has 456 valence electrons. The van der Waals surface area contributed by atoms with Crippen molar-refractivity contribution in [1.29, 1.82) is 0 Å². The van der Waals surface area contributed by atoms with Gasteiger partial charge in [-0.15, -0.1) is 0 Å². The number of carbonyl (C=O) groups excluding carboxylic acids is 3. The van der Waals surface area contributed by atoms with E-state index in [-0.39, 0.29) is 17.2 Å². The number of aryl methyl sites for hydroxylation is 5. The second-order valence-electron chi connectivity index (χ2n) is 22.2. The van der Waals surface area contributed by atoms with E-state index in [0.29, 0.717) is 16.7 Å². The standard InChI is InChI=1S/C32H39FO3.C25H25FO2.C21H17FO2/c1-3-5-7-8-9-11-23-35-29-20-18-27(19-21-29)26-14-16-28(17-15-26)32(34)36-31-22-13-25(24-30(31)33)12-10-6-4-2;1-3-4-5-6-19-9-16-24(23(26)17-19)28-25(27)22-14-12-21(13-15-22)20-10-7-18(2)8-11-20;1-14-3-6-16(7-4-14)17-8-10-18(11-9-17)21(23)24-20-12-5-15(2)13-19(20)22/h13-22,24H,3-12,23H2,1-2H3;7-17H,3-6H2,1-2H3;3-13H,1-2H3. The lowest BCUT2D eigenvalue weighted by Gasteiger charge is -2.09. The second-order valence-corrected chi connectivity index (χ2v) is 22.2. The van der Waals surface area contributed by atoms with E-state index in [1.165, 1.54) is 73.6 Å². The number of hydrogen-bond donors (Lipinski definition) is 0. The Morgan fingerprint density at radius 3 is 0.966 bits per heavy atom. The lowest BCUT2D eigenvalue weighted by Crippen LogP contribution is -2.09. The van der Waals surface area contributed by atoms with Gasteiger partial charge in [-0.05, 0) is 188 Å². The van der Waals surface area contributed by atoms with Crippen LogP contribution in [-0.4, -0.2) is 24.5 Å². The molecule has 9 aromatic carbocycles. The van der Waals surface area contributed by atoms with E-state index in [1.54, 1.807) is 55.5 Å². The first-order chi connectivity index (χ1) is 42.7. The van der Waals surface area contributed by atoms with Crippen LogP contribution in [0.3, 0.4) is 0 Å². The van der Waals surface area contributed by atoms with Crippen LogP contribution in [-0.2, 0) is 12.8 Å². The van der Waals surface area contributed by atoms with Crippen molar-refractivity contribution < 1.29 is 46.5 Å². The molecule has 0 radical (unpaired) electrons. The number of halogens is 3. The van der Waals surface area contributed by atoms with Crippen LogP contribution in [0.5, 0.6) is 23.0 Å². The van der Waals surface area contributed by atoms with Gasteiger partial charge in [0.25, 0.3) is 0 Å². The summed E-state index contributed by atoms with van der Waals surface area (Å²) in [6.07, 6.45) is 15.7. The molecule has 0 fully saturated rings. The molecule has 9 aromatic rings. The van der Waals surface area contributed by atoms with Crippen LogP contribution in [0.2, 0.25) is 0 Å². The van der Waals surface area contributed by atoms with Crippen molar-refractivity contribution in [2.75, 3.05) is 6.61 Å². The molecule has 0 bridgehead atoms. The van der Waals surface area contributed by atoms with Crippen molar-refractivity contribution >= 4 is 17.9 Å². The van der Waals surface area contributed by atoms with Gasteiger partial charge >= 0.3 is 17.9 Å². The molecule has 0 atom stereocenters. The van der Waals surface area contributed by atoms with Crippen LogP contribution in [0.15, 0.2) is 200 Å². The molecule has 7 nitrogen and oxygen atoms in total. The quantitative estimate of drug-likeness (QED) is 0.0320. The fraction of sp³-hybridized carbons (Fsp3) is 0.269. The number of benzene rings is 9. The van der Waals surface area contributed by atoms with E-state index >= 15 is 0 Å². The van der Waals surface area contributed by atoms with E-state index in [9.17, 15) is 27.6 Å². The second kappa shape index (κ2) is 35.0. The fourth-order valence-electron chi connectivity index (χ4n) is 9.59. The lowest BCUT2D eigenvalue weighted by atomic mass is 10.0. The van der Waals surface area contributed by atoms with Gasteiger partial charge in [0.1, 0.15) is 5.75 Å². The van der Waals surface area contributed by atoms with Gasteiger partial charge in [-0.2, -0.15) is 0 Å². The molecule has 0 N–H and O–H groups in total. The molecule has 0 aliphatic rings. The van der Waals surface area contributed by atoms with Gasteiger partial charge in [0, 0.05) is 0 Å². The Hall–Kier alpha value is -9.02. The van der Waals surface area contributed by atoms with E-state index in [0.717, 1.165) is 120 Å². The molecule has 88 heavy (non-hydrogen) atoms. The summed E-state index contributed by atoms with van der Waals surface area (Å²) in [4.78, 5) is 37.1. The molecule has 0 amide bonds. The van der Waals surface area contributed by atoms with E-state index in [2.05, 4.69) is 20.8 Å². The highest BCUT2D eigenvalue weighted by Crippen LogP contribution is 2.28. The summed E-state index contributed by atoms with van der Waals surface area (Å²) in [6.45, 7) is 13.1. The van der Waals surface area contributed by atoms with E-state index < -0.39 is 35.4 Å². The molecule has 0 aliphatic carbocycles. The van der Waals surface area contributed by atoms with Gasteiger partial charge in [0.05, 0.1) is 23.3 Å². The van der Waals surface area contributed by atoms with Crippen LogP contribution in [0, 0.1) is 38.2 Å². The highest BCUT2D eigenvalue weighted by atomic mass is 19.1. The van der Waals surface area contributed by atoms with Crippen molar-refractivity contribution in [3.8, 4) is 56.4 Å². The Morgan fingerprint density at radius 1 is 0.318 bits per heavy atom. The van der Waals surface area contributed by atoms with Crippen LogP contribution < -0.4 is 18.9 Å². The third kappa shape index (κ3) is 21.1. The topological polar surface area (TPSA) is 88.1 Å². The van der Waals surface area contributed by atoms with Crippen molar-refractivity contribution in [1.82, 2.24) is 0 Å². The summed E-state index contributed by atoms with van der Waals surface area (Å²) in [5.74, 6) is -2.53. The number of rotatable bonds is 25. The first kappa shape index (κ1) is 66.5. The fourth-order valence-corrected chi connectivity index (χ4v) is 9.59. The summed E-state index contributed by atoms with van der Waals surface area (Å²) >= 11 is 0. The van der Waals surface area contributed by atoms with Gasteiger partial charge in [-0.3, -0.25) is 0 Å². The van der Waals surface area contributed by atoms with E-state index in [4.69, 9.17) is 18.9 Å². The Labute approximate surface area is 518 Å². The average Bonchev–Trinajstić information content (AvgIpc) is 3.73. The minimum absolute atomic E-state index is 0.0353. The van der Waals surface area contributed by atoms with Crippen LogP contribution in [0.25, 0.3) is 33.4 Å². The Balaban J connectivity index is 0.000000192. The summed E-state index contributed by atoms with van der Waals surface area (Å²) in [7, 11) is 0. The zero-order chi connectivity index (χ0) is 62.6. The first-order valence-electron chi connectivity index (χ1n) is 30.9. The van der Waals surface area contributed by atoms with Crippen molar-refractivity contribution in [2.45, 2.75) is 131 Å². The minimum Gasteiger partial charge on any atom is -0.494 e. The van der Waals surface area contributed by atoms with Gasteiger partial charge < -0.3 is 18.9 Å². The van der Waals surface area contributed by atoms with Crippen molar-refractivity contribution in [3.63, 3.8) is 0 Å². The smallest absolute Gasteiger partial charge is 0.343 e. The molecule has 0 spiro atoms. The normalized spacial score (nSPS) is 10.7. The lowest BCUT2D eigenvalue weighted by molar-refractivity contribution is 0.0718. The molecule has 9 rings (SSSR count). The van der Waals surface area contributed by atoms with E-state index in [1.807, 2.05) is 135 Å². The highest BCUT2D eigenvalue weighted by Gasteiger charge is 2.16. The number of carbonyl (C=O) groups is 3. The van der Waals surface area contributed by atoms with Crippen molar-refractivity contribution in [2.24, 2.45) is 0 Å². The van der Waals surface area contributed by atoms with Gasteiger partial charge in [-0.1, -0.05) is 205 Å². The molecule has 0 aliphatic heterocycles. The highest BCUT2D eigenvalue weighted by molar-refractivity contribution is 5.93. The number of hydrogen-bond acceptors (Lipinski definition) is 7.